The van der Waals surface area contributed by atoms with Gasteiger partial charge in [0.1, 0.15) is 24.5 Å². The Morgan fingerprint density at radius 3 is 2.24 bits per heavy atom. The zero-order valence-corrected chi connectivity index (χ0v) is 35.0. The van der Waals surface area contributed by atoms with E-state index in [1.165, 1.54) is 21.3 Å². The summed E-state index contributed by atoms with van der Waals surface area (Å²) in [5.41, 5.74) is 2.32. The Kier molecular flexibility index (Phi) is 19.0. The lowest BCUT2D eigenvalue weighted by Gasteiger charge is -2.37. The van der Waals surface area contributed by atoms with E-state index in [9.17, 15) is 14.4 Å². The van der Waals surface area contributed by atoms with Gasteiger partial charge in [-0.05, 0) is 91.6 Å². The number of nitrogens with one attached hydrogen (secondary N) is 1. The Labute approximate surface area is 347 Å². The van der Waals surface area contributed by atoms with E-state index in [2.05, 4.69) is 11.2 Å². The van der Waals surface area contributed by atoms with Crippen molar-refractivity contribution < 1.29 is 57.0 Å². The summed E-state index contributed by atoms with van der Waals surface area (Å²) < 4.78 is 50.4. The summed E-state index contributed by atoms with van der Waals surface area (Å²) in [4.78, 5) is 42.9. The van der Waals surface area contributed by atoms with Crippen LogP contribution >= 0.6 is 0 Å². The number of piperidine rings is 1. The van der Waals surface area contributed by atoms with Gasteiger partial charge < -0.3 is 52.8 Å². The summed E-state index contributed by atoms with van der Waals surface area (Å²) in [5.74, 6) is 3.74. The van der Waals surface area contributed by atoms with Gasteiger partial charge in [0.15, 0.2) is 29.6 Å². The summed E-state index contributed by atoms with van der Waals surface area (Å²) in [6.07, 6.45) is 7.82. The quantitative estimate of drug-likeness (QED) is 0.0673. The number of amides is 2. The molecular formula is C45H58N2O12. The smallest absolute Gasteiger partial charge is 0.329 e. The maximum atomic E-state index is 14.4. The Hall–Kier alpha value is -5.65. The number of benzene rings is 3. The van der Waals surface area contributed by atoms with Crippen molar-refractivity contribution in [1.29, 1.82) is 0 Å². The Balaban J connectivity index is 1.52. The SMILES string of the molecule is C#CCOCCOCCNC(=O)COc1cccc([C@@H](CCc2ccc(OC)c(OC)c2)OC(=O)[C@@H]2CCCCN2C(=O)C(CC)c2cc(OC)c(OC)c(OC)c2)c1. The zero-order valence-electron chi connectivity index (χ0n) is 35.0. The second kappa shape index (κ2) is 24.3. The van der Waals surface area contributed by atoms with E-state index in [-0.39, 0.29) is 25.0 Å². The maximum absolute atomic E-state index is 14.4. The predicted molar refractivity (Wildman–Crippen MR) is 221 cm³/mol. The second-order valence-electron chi connectivity index (χ2n) is 13.7. The fraction of sp³-hybridized carbons (Fsp3) is 0.489. The number of ether oxygens (including phenoxy) is 9. The number of aryl methyl sites for hydroxylation is 1. The number of terminal acetylenes is 1. The molecule has 2 amide bonds. The van der Waals surface area contributed by atoms with Crippen LogP contribution in [-0.4, -0.2) is 110 Å². The van der Waals surface area contributed by atoms with Crippen molar-refractivity contribution >= 4 is 17.8 Å². The molecule has 1 fully saturated rings. The molecule has 3 atom stereocenters. The van der Waals surface area contributed by atoms with Crippen LogP contribution in [0.4, 0.5) is 0 Å². The first-order valence-corrected chi connectivity index (χ1v) is 19.8. The molecule has 3 aromatic rings. The summed E-state index contributed by atoms with van der Waals surface area (Å²) >= 11 is 0. The van der Waals surface area contributed by atoms with E-state index in [1.54, 1.807) is 49.5 Å². The van der Waals surface area contributed by atoms with Crippen LogP contribution in [0.1, 0.15) is 67.7 Å². The third-order valence-corrected chi connectivity index (χ3v) is 9.98. The van der Waals surface area contributed by atoms with Crippen LogP contribution in [0.15, 0.2) is 54.6 Å². The molecule has 59 heavy (non-hydrogen) atoms. The first-order chi connectivity index (χ1) is 28.7. The molecule has 1 N–H and O–H groups in total. The fourth-order valence-electron chi connectivity index (χ4n) is 6.96. The van der Waals surface area contributed by atoms with Crippen molar-refractivity contribution in [2.45, 2.75) is 63.5 Å². The van der Waals surface area contributed by atoms with Crippen LogP contribution in [-0.2, 0) is 35.0 Å². The van der Waals surface area contributed by atoms with Gasteiger partial charge in [-0.3, -0.25) is 9.59 Å². The lowest BCUT2D eigenvalue weighted by Crippen LogP contribution is -2.50. The molecule has 1 aliphatic rings. The molecule has 0 saturated carbocycles. The number of nitrogens with zero attached hydrogens (tertiary/aromatic N) is 1. The summed E-state index contributed by atoms with van der Waals surface area (Å²) in [6.45, 7) is 3.68. The van der Waals surface area contributed by atoms with Crippen LogP contribution in [0, 0.1) is 12.3 Å². The third kappa shape index (κ3) is 13.2. The van der Waals surface area contributed by atoms with Crippen LogP contribution < -0.4 is 33.7 Å². The molecule has 0 aromatic heterocycles. The van der Waals surface area contributed by atoms with E-state index in [1.807, 2.05) is 31.2 Å². The van der Waals surface area contributed by atoms with Gasteiger partial charge in [-0.25, -0.2) is 4.79 Å². The minimum atomic E-state index is -0.793. The lowest BCUT2D eigenvalue weighted by atomic mass is 9.91. The van der Waals surface area contributed by atoms with Crippen molar-refractivity contribution in [3.63, 3.8) is 0 Å². The number of hydrogen-bond acceptors (Lipinski definition) is 12. The van der Waals surface area contributed by atoms with Crippen molar-refractivity contribution in [1.82, 2.24) is 10.2 Å². The maximum Gasteiger partial charge on any atom is 0.329 e. The van der Waals surface area contributed by atoms with Gasteiger partial charge in [-0.2, -0.15) is 0 Å². The molecule has 1 aliphatic heterocycles. The van der Waals surface area contributed by atoms with Gasteiger partial charge in [0.2, 0.25) is 11.7 Å². The van der Waals surface area contributed by atoms with Crippen molar-refractivity contribution in [3.8, 4) is 46.8 Å². The first-order valence-electron chi connectivity index (χ1n) is 19.8. The van der Waals surface area contributed by atoms with Crippen LogP contribution in [0.3, 0.4) is 0 Å². The number of rotatable bonds is 24. The molecular weight excluding hydrogens is 760 g/mol. The van der Waals surface area contributed by atoms with Gasteiger partial charge in [0, 0.05) is 13.1 Å². The Bertz CT molecular complexity index is 1840. The molecule has 1 unspecified atom stereocenters. The monoisotopic (exact) mass is 818 g/mol. The van der Waals surface area contributed by atoms with E-state index in [0.717, 1.165) is 18.4 Å². The number of likely N-dealkylation sites (tertiary alicyclic amines) is 1. The van der Waals surface area contributed by atoms with Gasteiger partial charge in [-0.15, -0.1) is 6.42 Å². The van der Waals surface area contributed by atoms with Gasteiger partial charge in [-0.1, -0.05) is 31.0 Å². The molecule has 4 rings (SSSR count). The molecule has 0 radical (unpaired) electrons. The molecule has 0 aliphatic carbocycles. The molecule has 0 bridgehead atoms. The second-order valence-corrected chi connectivity index (χ2v) is 13.7. The van der Waals surface area contributed by atoms with E-state index in [4.69, 9.17) is 49.1 Å². The van der Waals surface area contributed by atoms with Crippen molar-refractivity contribution in [2.24, 2.45) is 0 Å². The van der Waals surface area contributed by atoms with Crippen LogP contribution in [0.2, 0.25) is 0 Å². The average molecular weight is 819 g/mol. The van der Waals surface area contributed by atoms with Gasteiger partial charge >= 0.3 is 5.97 Å². The molecule has 14 heteroatoms. The van der Waals surface area contributed by atoms with E-state index >= 15 is 0 Å². The van der Waals surface area contributed by atoms with Crippen molar-refractivity contribution in [3.05, 3.63) is 71.3 Å². The van der Waals surface area contributed by atoms with Crippen LogP contribution in [0.25, 0.3) is 0 Å². The minimum absolute atomic E-state index is 0.181. The molecule has 3 aromatic carbocycles. The Morgan fingerprint density at radius 2 is 1.56 bits per heavy atom. The fourth-order valence-corrected chi connectivity index (χ4v) is 6.96. The standard InChI is InChI=1S/C45H58N2O12/c1-8-22-56-24-25-57-23-20-46-42(48)30-58-34-14-12-13-32(27-34)37(18-16-31-17-19-38(51-3)39(26-31)52-4)59-45(50)36-15-10-11-21-47(36)44(49)35(9-2)33-28-40(53-5)43(55-7)41(29-33)54-6/h1,12-14,17,19,26-29,35-37H,9-11,15-16,18,20-25,30H2,2-7H3,(H,46,48)/t35?,36-,37+/m0/s1. The molecule has 1 saturated heterocycles. The highest BCUT2D eigenvalue weighted by molar-refractivity contribution is 5.89. The highest BCUT2D eigenvalue weighted by atomic mass is 16.6. The number of hydrogen-bond donors (Lipinski definition) is 1. The van der Waals surface area contributed by atoms with Gasteiger partial charge in [0.05, 0.1) is 61.3 Å². The summed E-state index contributed by atoms with van der Waals surface area (Å²) in [7, 11) is 7.74. The predicted octanol–water partition coefficient (Wildman–Crippen LogP) is 5.68. The average Bonchev–Trinajstić information content (AvgIpc) is 3.27. The largest absolute Gasteiger partial charge is 0.493 e. The molecule has 0 spiro atoms. The van der Waals surface area contributed by atoms with Crippen LogP contribution in [0.5, 0.6) is 34.5 Å². The number of carbonyl (C=O) groups is 3. The lowest BCUT2D eigenvalue weighted by molar-refractivity contribution is -0.162. The zero-order chi connectivity index (χ0) is 42.6. The van der Waals surface area contributed by atoms with E-state index in [0.29, 0.717) is 104 Å². The molecule has 1 heterocycles. The van der Waals surface area contributed by atoms with E-state index < -0.39 is 24.0 Å². The molecule has 14 nitrogen and oxygen atoms in total. The molecule has 320 valence electrons. The Morgan fingerprint density at radius 1 is 0.831 bits per heavy atom. The normalized spacial score (nSPS) is 14.6. The number of carbonyl (C=O) groups excluding carboxylic acids is 3. The highest BCUT2D eigenvalue weighted by Crippen LogP contribution is 2.41. The summed E-state index contributed by atoms with van der Waals surface area (Å²) in [6, 6.07) is 15.6. The van der Waals surface area contributed by atoms with Crippen molar-refractivity contribution in [2.75, 3.05) is 81.7 Å². The minimum Gasteiger partial charge on any atom is -0.493 e. The highest BCUT2D eigenvalue weighted by Gasteiger charge is 2.38. The first kappa shape index (κ1) is 46.0. The van der Waals surface area contributed by atoms with Gasteiger partial charge in [0.25, 0.3) is 5.91 Å². The topological polar surface area (TPSA) is 150 Å². The number of methoxy groups -OCH3 is 5. The summed E-state index contributed by atoms with van der Waals surface area (Å²) in [5, 5.41) is 2.76. The number of esters is 1. The third-order valence-electron chi connectivity index (χ3n) is 9.98.